The van der Waals surface area contributed by atoms with Crippen molar-refractivity contribution in [3.8, 4) is 0 Å². The van der Waals surface area contributed by atoms with Gasteiger partial charge in [0.05, 0.1) is 25.3 Å². The van der Waals surface area contributed by atoms with Gasteiger partial charge >= 0.3 is 0 Å². The smallest absolute Gasteiger partial charge is 0.228 e. The molecule has 23 heavy (non-hydrogen) atoms. The topological polar surface area (TPSA) is 53.8 Å². The zero-order valence-electron chi connectivity index (χ0n) is 13.1. The summed E-state index contributed by atoms with van der Waals surface area (Å²) in [5.41, 5.74) is 0. The third-order valence-electron chi connectivity index (χ3n) is 4.11. The molecule has 1 aliphatic heterocycles. The molecule has 3 heterocycles. The number of nitrogens with zero attached hydrogens (tertiary/aromatic N) is 2. The quantitative estimate of drug-likeness (QED) is 0.817. The van der Waals surface area contributed by atoms with Crippen molar-refractivity contribution in [1.82, 2.24) is 9.80 Å². The molecule has 0 radical (unpaired) electrons. The van der Waals surface area contributed by atoms with Crippen LogP contribution in [-0.4, -0.2) is 34.7 Å². The van der Waals surface area contributed by atoms with Crippen LogP contribution in [0.3, 0.4) is 0 Å². The SMILES string of the molecule is CCN(Cc1cccs1)C(=O)C1CC(=O)N(Cc2ccco2)C1. The molecule has 3 rings (SSSR count). The molecule has 0 aromatic carbocycles. The number of hydrogen-bond donors (Lipinski definition) is 0. The van der Waals surface area contributed by atoms with Crippen LogP contribution in [0.5, 0.6) is 0 Å². The summed E-state index contributed by atoms with van der Waals surface area (Å²) in [6, 6.07) is 7.67. The van der Waals surface area contributed by atoms with Crippen LogP contribution in [0.4, 0.5) is 0 Å². The molecule has 0 spiro atoms. The lowest BCUT2D eigenvalue weighted by Crippen LogP contribution is -2.36. The Hall–Kier alpha value is -2.08. The Morgan fingerprint density at radius 1 is 1.43 bits per heavy atom. The molecule has 0 aliphatic carbocycles. The van der Waals surface area contributed by atoms with Gasteiger partial charge in [-0.1, -0.05) is 6.07 Å². The molecule has 0 N–H and O–H groups in total. The first kappa shape index (κ1) is 15.8. The first-order chi connectivity index (χ1) is 11.2. The van der Waals surface area contributed by atoms with E-state index in [0.29, 0.717) is 32.6 Å². The maximum absolute atomic E-state index is 12.7. The summed E-state index contributed by atoms with van der Waals surface area (Å²) < 4.78 is 5.29. The number of carbonyl (C=O) groups is 2. The lowest BCUT2D eigenvalue weighted by molar-refractivity contribution is -0.136. The molecule has 1 unspecified atom stereocenters. The van der Waals surface area contributed by atoms with Crippen molar-refractivity contribution < 1.29 is 14.0 Å². The van der Waals surface area contributed by atoms with E-state index in [2.05, 4.69) is 0 Å². The van der Waals surface area contributed by atoms with Crippen molar-refractivity contribution in [3.05, 3.63) is 46.5 Å². The van der Waals surface area contributed by atoms with Crippen LogP contribution in [0, 0.1) is 5.92 Å². The lowest BCUT2D eigenvalue weighted by Gasteiger charge is -2.23. The zero-order valence-corrected chi connectivity index (χ0v) is 13.9. The fourth-order valence-corrected chi connectivity index (χ4v) is 3.59. The van der Waals surface area contributed by atoms with Crippen LogP contribution in [0.1, 0.15) is 24.0 Å². The zero-order chi connectivity index (χ0) is 16.2. The van der Waals surface area contributed by atoms with E-state index < -0.39 is 0 Å². The molecule has 1 fully saturated rings. The molecule has 2 aromatic rings. The van der Waals surface area contributed by atoms with Gasteiger partial charge in [-0.15, -0.1) is 11.3 Å². The predicted molar refractivity (Wildman–Crippen MR) is 87.6 cm³/mol. The van der Waals surface area contributed by atoms with Gasteiger partial charge in [0.2, 0.25) is 11.8 Å². The van der Waals surface area contributed by atoms with Crippen molar-refractivity contribution in [2.45, 2.75) is 26.4 Å². The van der Waals surface area contributed by atoms with Crippen molar-refractivity contribution in [3.63, 3.8) is 0 Å². The highest BCUT2D eigenvalue weighted by atomic mass is 32.1. The number of furan rings is 1. The van der Waals surface area contributed by atoms with Crippen molar-refractivity contribution in [2.24, 2.45) is 5.92 Å². The van der Waals surface area contributed by atoms with E-state index in [1.807, 2.05) is 35.4 Å². The monoisotopic (exact) mass is 332 g/mol. The molecule has 2 amide bonds. The van der Waals surface area contributed by atoms with E-state index in [1.54, 1.807) is 28.6 Å². The highest BCUT2D eigenvalue weighted by Crippen LogP contribution is 2.23. The van der Waals surface area contributed by atoms with E-state index in [0.717, 1.165) is 10.6 Å². The summed E-state index contributed by atoms with van der Waals surface area (Å²) in [4.78, 5) is 29.6. The molecular weight excluding hydrogens is 312 g/mol. The van der Waals surface area contributed by atoms with Gasteiger partial charge < -0.3 is 14.2 Å². The minimum Gasteiger partial charge on any atom is -0.467 e. The lowest BCUT2D eigenvalue weighted by atomic mass is 10.1. The van der Waals surface area contributed by atoms with Gasteiger partial charge in [-0.05, 0) is 30.5 Å². The molecule has 6 heteroatoms. The molecule has 1 aliphatic rings. The summed E-state index contributed by atoms with van der Waals surface area (Å²) in [7, 11) is 0. The van der Waals surface area contributed by atoms with Crippen molar-refractivity contribution >= 4 is 23.2 Å². The molecular formula is C17H20N2O3S. The minimum absolute atomic E-state index is 0.0203. The van der Waals surface area contributed by atoms with Gasteiger partial charge in [0.15, 0.2) is 0 Å². The highest BCUT2D eigenvalue weighted by Gasteiger charge is 2.36. The predicted octanol–water partition coefficient (Wildman–Crippen LogP) is 2.74. The minimum atomic E-state index is -0.252. The molecule has 5 nitrogen and oxygen atoms in total. The normalized spacial score (nSPS) is 17.7. The van der Waals surface area contributed by atoms with Crippen LogP contribution in [-0.2, 0) is 22.7 Å². The average Bonchev–Trinajstić information content (AvgIpc) is 3.28. The summed E-state index contributed by atoms with van der Waals surface area (Å²) >= 11 is 1.65. The number of rotatable bonds is 6. The second-order valence-corrected chi connectivity index (χ2v) is 6.72. The molecule has 122 valence electrons. The Bertz CT molecular complexity index is 651. The highest BCUT2D eigenvalue weighted by molar-refractivity contribution is 7.09. The number of hydrogen-bond acceptors (Lipinski definition) is 4. The van der Waals surface area contributed by atoms with E-state index >= 15 is 0 Å². The van der Waals surface area contributed by atoms with Crippen molar-refractivity contribution in [1.29, 1.82) is 0 Å². The summed E-state index contributed by atoms with van der Waals surface area (Å²) in [5, 5.41) is 2.01. The second-order valence-electron chi connectivity index (χ2n) is 5.69. The fourth-order valence-electron chi connectivity index (χ4n) is 2.88. The number of thiophene rings is 1. The van der Waals surface area contributed by atoms with E-state index in [-0.39, 0.29) is 17.7 Å². The summed E-state index contributed by atoms with van der Waals surface area (Å²) in [6.45, 7) is 4.16. The van der Waals surface area contributed by atoms with Crippen LogP contribution in [0.15, 0.2) is 40.3 Å². The van der Waals surface area contributed by atoms with Gasteiger partial charge in [-0.2, -0.15) is 0 Å². The van der Waals surface area contributed by atoms with Crippen LogP contribution in [0.25, 0.3) is 0 Å². The molecule has 1 atom stereocenters. The number of amides is 2. The second kappa shape index (κ2) is 7.00. The fraction of sp³-hybridized carbons (Fsp3) is 0.412. The first-order valence-corrected chi connectivity index (χ1v) is 8.66. The van der Waals surface area contributed by atoms with Gasteiger partial charge in [0.1, 0.15) is 5.76 Å². The third kappa shape index (κ3) is 3.64. The Labute approximate surface area is 139 Å². The Balaban J connectivity index is 1.62. The van der Waals surface area contributed by atoms with E-state index in [4.69, 9.17) is 4.42 Å². The largest absolute Gasteiger partial charge is 0.467 e. The Morgan fingerprint density at radius 3 is 2.96 bits per heavy atom. The first-order valence-electron chi connectivity index (χ1n) is 7.78. The Morgan fingerprint density at radius 2 is 2.30 bits per heavy atom. The maximum atomic E-state index is 12.7. The molecule has 0 saturated carbocycles. The van der Waals surface area contributed by atoms with E-state index in [1.165, 1.54) is 0 Å². The van der Waals surface area contributed by atoms with Gasteiger partial charge in [0.25, 0.3) is 0 Å². The third-order valence-corrected chi connectivity index (χ3v) is 4.97. The summed E-state index contributed by atoms with van der Waals surface area (Å²) in [6.07, 6.45) is 1.89. The van der Waals surface area contributed by atoms with Crippen LogP contribution in [0.2, 0.25) is 0 Å². The van der Waals surface area contributed by atoms with Gasteiger partial charge in [-0.25, -0.2) is 0 Å². The average molecular weight is 332 g/mol. The van der Waals surface area contributed by atoms with Crippen LogP contribution < -0.4 is 0 Å². The maximum Gasteiger partial charge on any atom is 0.228 e. The number of likely N-dealkylation sites (tertiary alicyclic amines) is 1. The molecule has 0 bridgehead atoms. The molecule has 1 saturated heterocycles. The number of carbonyl (C=O) groups excluding carboxylic acids is 2. The van der Waals surface area contributed by atoms with Crippen LogP contribution >= 0.6 is 11.3 Å². The molecule has 2 aromatic heterocycles. The van der Waals surface area contributed by atoms with E-state index in [9.17, 15) is 9.59 Å². The van der Waals surface area contributed by atoms with Crippen molar-refractivity contribution in [2.75, 3.05) is 13.1 Å². The summed E-state index contributed by atoms with van der Waals surface area (Å²) in [5.74, 6) is 0.581. The Kier molecular flexibility index (Phi) is 4.81. The van der Waals surface area contributed by atoms with Gasteiger partial charge in [-0.3, -0.25) is 9.59 Å². The standard InChI is InChI=1S/C17H20N2O3S/c1-2-18(12-15-6-4-8-23-15)17(21)13-9-16(20)19(10-13)11-14-5-3-7-22-14/h3-8,13H,2,9-12H2,1H3. The van der Waals surface area contributed by atoms with Gasteiger partial charge in [0, 0.05) is 24.4 Å².